The average molecular weight is 299 g/mol. The predicted octanol–water partition coefficient (Wildman–Crippen LogP) is 2.57. The monoisotopic (exact) mass is 299 g/mol. The number of hydrogen-bond acceptors (Lipinski definition) is 6. The van der Waals surface area contributed by atoms with Crippen LogP contribution >= 0.6 is 0 Å². The van der Waals surface area contributed by atoms with Gasteiger partial charge in [0.2, 0.25) is 11.9 Å². The standard InChI is InChI=1S/C16H21N5O/c1-4-13-19-15(17)21-16(20-13)18-12-7-8-22-14-10(3)9(2)5-6-11(12)14/h5-6,12H,4,7-8H2,1-3H3,(H3,17,18,19,20,21). The molecule has 0 fully saturated rings. The summed E-state index contributed by atoms with van der Waals surface area (Å²) in [6, 6.07) is 4.35. The molecule has 0 radical (unpaired) electrons. The number of nitrogens with one attached hydrogen (secondary N) is 1. The van der Waals surface area contributed by atoms with Gasteiger partial charge in [-0.3, -0.25) is 0 Å². The first kappa shape index (κ1) is 14.6. The zero-order chi connectivity index (χ0) is 15.7. The van der Waals surface area contributed by atoms with Gasteiger partial charge in [0.1, 0.15) is 11.6 Å². The fourth-order valence-electron chi connectivity index (χ4n) is 2.68. The van der Waals surface area contributed by atoms with Gasteiger partial charge >= 0.3 is 0 Å². The SMILES string of the molecule is CCc1nc(N)nc(NC2CCOc3c2ccc(C)c3C)n1. The van der Waals surface area contributed by atoms with Crippen LogP contribution in [0, 0.1) is 13.8 Å². The summed E-state index contributed by atoms with van der Waals surface area (Å²) < 4.78 is 5.85. The van der Waals surface area contributed by atoms with E-state index in [-0.39, 0.29) is 12.0 Å². The third kappa shape index (κ3) is 2.68. The summed E-state index contributed by atoms with van der Waals surface area (Å²) in [5, 5.41) is 3.38. The molecule has 0 aliphatic carbocycles. The van der Waals surface area contributed by atoms with Gasteiger partial charge in [0.25, 0.3) is 0 Å². The third-order valence-corrected chi connectivity index (χ3v) is 4.05. The maximum atomic E-state index is 5.85. The highest BCUT2D eigenvalue weighted by atomic mass is 16.5. The van der Waals surface area contributed by atoms with Crippen molar-refractivity contribution in [3.8, 4) is 5.75 Å². The van der Waals surface area contributed by atoms with Crippen LogP contribution in [0.5, 0.6) is 5.75 Å². The molecule has 1 atom stereocenters. The lowest BCUT2D eigenvalue weighted by Crippen LogP contribution is -2.22. The normalized spacial score (nSPS) is 16.8. The summed E-state index contributed by atoms with van der Waals surface area (Å²) in [6.07, 6.45) is 1.59. The van der Waals surface area contributed by atoms with Gasteiger partial charge in [-0.05, 0) is 25.0 Å². The van der Waals surface area contributed by atoms with Crippen LogP contribution in [0.25, 0.3) is 0 Å². The Kier molecular flexibility index (Phi) is 3.83. The molecule has 1 aromatic heterocycles. The van der Waals surface area contributed by atoms with Crippen LogP contribution in [-0.4, -0.2) is 21.6 Å². The molecule has 0 saturated carbocycles. The average Bonchev–Trinajstić information content (AvgIpc) is 2.51. The first-order valence-corrected chi connectivity index (χ1v) is 7.58. The highest BCUT2D eigenvalue weighted by Crippen LogP contribution is 2.37. The molecular weight excluding hydrogens is 278 g/mol. The molecule has 6 heteroatoms. The number of fused-ring (bicyclic) bond motifs is 1. The number of aryl methyl sites for hydroxylation is 2. The Hall–Kier alpha value is -2.37. The number of aromatic nitrogens is 3. The number of nitrogen functional groups attached to an aromatic ring is 1. The van der Waals surface area contributed by atoms with Crippen molar-refractivity contribution in [2.24, 2.45) is 0 Å². The number of hydrogen-bond donors (Lipinski definition) is 2. The number of ether oxygens (including phenoxy) is 1. The molecule has 2 aromatic rings. The molecule has 116 valence electrons. The maximum Gasteiger partial charge on any atom is 0.228 e. The van der Waals surface area contributed by atoms with Crippen molar-refractivity contribution >= 4 is 11.9 Å². The van der Waals surface area contributed by atoms with Gasteiger partial charge in [-0.15, -0.1) is 0 Å². The molecule has 22 heavy (non-hydrogen) atoms. The molecule has 0 amide bonds. The molecule has 1 aliphatic rings. The number of benzene rings is 1. The minimum atomic E-state index is 0.120. The van der Waals surface area contributed by atoms with E-state index in [0.29, 0.717) is 18.4 Å². The summed E-state index contributed by atoms with van der Waals surface area (Å²) in [6.45, 7) is 6.85. The molecule has 0 spiro atoms. The summed E-state index contributed by atoms with van der Waals surface area (Å²) in [5.74, 6) is 2.45. The molecule has 3 rings (SSSR count). The van der Waals surface area contributed by atoms with E-state index in [4.69, 9.17) is 10.5 Å². The van der Waals surface area contributed by atoms with Crippen LogP contribution in [-0.2, 0) is 6.42 Å². The highest BCUT2D eigenvalue weighted by molar-refractivity contribution is 5.50. The number of anilines is 2. The van der Waals surface area contributed by atoms with E-state index in [1.165, 1.54) is 11.1 Å². The zero-order valence-corrected chi connectivity index (χ0v) is 13.2. The second-order valence-corrected chi connectivity index (χ2v) is 5.55. The number of nitrogens with zero attached hydrogens (tertiary/aromatic N) is 3. The van der Waals surface area contributed by atoms with Gasteiger partial charge in [-0.25, -0.2) is 0 Å². The van der Waals surface area contributed by atoms with E-state index in [0.717, 1.165) is 24.2 Å². The summed E-state index contributed by atoms with van der Waals surface area (Å²) in [5.41, 5.74) is 9.32. The van der Waals surface area contributed by atoms with Crippen molar-refractivity contribution in [1.29, 1.82) is 0 Å². The van der Waals surface area contributed by atoms with E-state index in [1.807, 2.05) is 6.92 Å². The van der Waals surface area contributed by atoms with Crippen LogP contribution in [0.3, 0.4) is 0 Å². The van der Waals surface area contributed by atoms with Crippen molar-refractivity contribution < 1.29 is 4.74 Å². The Morgan fingerprint density at radius 1 is 1.27 bits per heavy atom. The van der Waals surface area contributed by atoms with Crippen LogP contribution < -0.4 is 15.8 Å². The van der Waals surface area contributed by atoms with E-state index in [1.54, 1.807) is 0 Å². The van der Waals surface area contributed by atoms with Gasteiger partial charge in [-0.1, -0.05) is 19.1 Å². The summed E-state index contributed by atoms with van der Waals surface area (Å²) in [4.78, 5) is 12.7. The summed E-state index contributed by atoms with van der Waals surface area (Å²) in [7, 11) is 0. The molecule has 1 aliphatic heterocycles. The van der Waals surface area contributed by atoms with Crippen LogP contribution in [0.1, 0.15) is 41.9 Å². The Morgan fingerprint density at radius 3 is 2.86 bits per heavy atom. The van der Waals surface area contributed by atoms with Crippen molar-refractivity contribution in [1.82, 2.24) is 15.0 Å². The Labute approximate surface area is 130 Å². The molecule has 0 saturated heterocycles. The van der Waals surface area contributed by atoms with Crippen molar-refractivity contribution in [2.45, 2.75) is 39.7 Å². The quantitative estimate of drug-likeness (QED) is 0.906. The van der Waals surface area contributed by atoms with Gasteiger partial charge in [0.05, 0.1) is 12.6 Å². The third-order valence-electron chi connectivity index (χ3n) is 4.05. The predicted molar refractivity (Wildman–Crippen MR) is 86.0 cm³/mol. The Morgan fingerprint density at radius 2 is 2.09 bits per heavy atom. The number of rotatable bonds is 3. The molecule has 6 nitrogen and oxygen atoms in total. The van der Waals surface area contributed by atoms with Gasteiger partial charge in [0.15, 0.2) is 0 Å². The fraction of sp³-hybridized carbons (Fsp3) is 0.438. The van der Waals surface area contributed by atoms with Crippen molar-refractivity contribution in [3.63, 3.8) is 0 Å². The van der Waals surface area contributed by atoms with Crippen LogP contribution in [0.15, 0.2) is 12.1 Å². The fourth-order valence-corrected chi connectivity index (χ4v) is 2.68. The van der Waals surface area contributed by atoms with Gasteiger partial charge in [0, 0.05) is 18.4 Å². The minimum Gasteiger partial charge on any atom is -0.493 e. The largest absolute Gasteiger partial charge is 0.493 e. The van der Waals surface area contributed by atoms with Gasteiger partial charge < -0.3 is 15.8 Å². The Balaban J connectivity index is 1.92. The lowest BCUT2D eigenvalue weighted by Gasteiger charge is -2.28. The maximum absolute atomic E-state index is 5.85. The molecular formula is C16H21N5O. The molecule has 0 bridgehead atoms. The molecule has 1 unspecified atom stereocenters. The van der Waals surface area contributed by atoms with Crippen LogP contribution in [0.2, 0.25) is 0 Å². The van der Waals surface area contributed by atoms with Crippen LogP contribution in [0.4, 0.5) is 11.9 Å². The molecule has 3 N–H and O–H groups in total. The first-order chi connectivity index (χ1) is 10.6. The number of nitrogens with two attached hydrogens (primary N) is 1. The second-order valence-electron chi connectivity index (χ2n) is 5.55. The molecule has 2 heterocycles. The smallest absolute Gasteiger partial charge is 0.228 e. The minimum absolute atomic E-state index is 0.120. The first-order valence-electron chi connectivity index (χ1n) is 7.58. The topological polar surface area (TPSA) is 86.0 Å². The van der Waals surface area contributed by atoms with Crippen molar-refractivity contribution in [3.05, 3.63) is 34.6 Å². The van der Waals surface area contributed by atoms with E-state index in [2.05, 4.69) is 46.2 Å². The van der Waals surface area contributed by atoms with Crippen molar-refractivity contribution in [2.75, 3.05) is 17.7 Å². The zero-order valence-electron chi connectivity index (χ0n) is 13.2. The van der Waals surface area contributed by atoms with E-state index in [9.17, 15) is 0 Å². The Bertz CT molecular complexity index is 701. The van der Waals surface area contributed by atoms with E-state index >= 15 is 0 Å². The lowest BCUT2D eigenvalue weighted by atomic mass is 9.95. The van der Waals surface area contributed by atoms with Gasteiger partial charge in [-0.2, -0.15) is 15.0 Å². The summed E-state index contributed by atoms with van der Waals surface area (Å²) >= 11 is 0. The lowest BCUT2D eigenvalue weighted by molar-refractivity contribution is 0.272. The highest BCUT2D eigenvalue weighted by Gasteiger charge is 2.24. The molecule has 1 aromatic carbocycles. The second kappa shape index (κ2) is 5.79. The van der Waals surface area contributed by atoms with E-state index < -0.39 is 0 Å².